The lowest BCUT2D eigenvalue weighted by molar-refractivity contribution is 0.103. The highest BCUT2D eigenvalue weighted by atomic mass is 16.5. The van der Waals surface area contributed by atoms with Gasteiger partial charge >= 0.3 is 0 Å². The number of aryl methyl sites for hydroxylation is 1. The zero-order valence-corrected chi connectivity index (χ0v) is 11.6. The first kappa shape index (κ1) is 12.1. The maximum absolute atomic E-state index is 12.8. The van der Waals surface area contributed by atoms with E-state index in [1.54, 1.807) is 0 Å². The first-order valence-corrected chi connectivity index (χ1v) is 6.90. The van der Waals surface area contributed by atoms with Crippen LogP contribution < -0.4 is 4.74 Å². The molecular formula is C18H13NO2. The molecule has 0 aliphatic carbocycles. The van der Waals surface area contributed by atoms with Crippen molar-refractivity contribution >= 4 is 16.7 Å². The van der Waals surface area contributed by atoms with Crippen molar-refractivity contribution in [1.82, 2.24) is 4.98 Å². The zero-order chi connectivity index (χ0) is 14.4. The molecule has 102 valence electrons. The molecule has 0 atom stereocenters. The van der Waals surface area contributed by atoms with Gasteiger partial charge in [0.25, 0.3) is 0 Å². The molecule has 1 aliphatic heterocycles. The molecule has 3 aromatic rings. The summed E-state index contributed by atoms with van der Waals surface area (Å²) in [6, 6.07) is 15.4. The number of ketones is 1. The van der Waals surface area contributed by atoms with E-state index in [4.69, 9.17) is 4.74 Å². The van der Waals surface area contributed by atoms with Crippen molar-refractivity contribution in [2.24, 2.45) is 0 Å². The Morgan fingerprint density at radius 2 is 1.90 bits per heavy atom. The van der Waals surface area contributed by atoms with E-state index in [9.17, 15) is 4.79 Å². The number of fused-ring (bicyclic) bond motifs is 3. The Labute approximate surface area is 122 Å². The van der Waals surface area contributed by atoms with Crippen LogP contribution in [0, 0.1) is 6.92 Å². The number of benzene rings is 2. The van der Waals surface area contributed by atoms with E-state index in [1.807, 2.05) is 55.5 Å². The van der Waals surface area contributed by atoms with Crippen LogP contribution >= 0.6 is 0 Å². The van der Waals surface area contributed by atoms with Gasteiger partial charge in [-0.3, -0.25) is 4.79 Å². The SMILES string of the molecule is Cc1cccc2c1OCc1nc3ccccc3cc1C2=O. The van der Waals surface area contributed by atoms with E-state index in [-0.39, 0.29) is 5.78 Å². The fraction of sp³-hybridized carbons (Fsp3) is 0.111. The van der Waals surface area contributed by atoms with Crippen LogP contribution in [0.15, 0.2) is 48.5 Å². The van der Waals surface area contributed by atoms with Crippen LogP contribution in [0.25, 0.3) is 10.9 Å². The van der Waals surface area contributed by atoms with Gasteiger partial charge in [-0.2, -0.15) is 0 Å². The molecule has 0 saturated heterocycles. The number of carbonyl (C=O) groups is 1. The molecule has 2 heterocycles. The third-order valence-electron chi connectivity index (χ3n) is 3.86. The number of pyridine rings is 1. The Kier molecular flexibility index (Phi) is 2.54. The summed E-state index contributed by atoms with van der Waals surface area (Å²) in [4.78, 5) is 17.4. The summed E-state index contributed by atoms with van der Waals surface area (Å²) in [5.41, 5.74) is 3.81. The minimum atomic E-state index is -0.0144. The second-order valence-corrected chi connectivity index (χ2v) is 5.24. The predicted molar refractivity (Wildman–Crippen MR) is 80.7 cm³/mol. The summed E-state index contributed by atoms with van der Waals surface area (Å²) < 4.78 is 5.84. The summed E-state index contributed by atoms with van der Waals surface area (Å²) in [6.07, 6.45) is 0. The van der Waals surface area contributed by atoms with Gasteiger partial charge in [0.05, 0.1) is 16.8 Å². The quantitative estimate of drug-likeness (QED) is 0.628. The van der Waals surface area contributed by atoms with Gasteiger partial charge in [-0.1, -0.05) is 30.3 Å². The van der Waals surface area contributed by atoms with Crippen LogP contribution in [-0.2, 0) is 6.61 Å². The predicted octanol–water partition coefficient (Wildman–Crippen LogP) is 3.67. The fourth-order valence-electron chi connectivity index (χ4n) is 2.77. The van der Waals surface area contributed by atoms with Gasteiger partial charge in [-0.25, -0.2) is 4.98 Å². The Hall–Kier alpha value is -2.68. The average Bonchev–Trinajstić information content (AvgIpc) is 2.64. The van der Waals surface area contributed by atoms with Gasteiger partial charge in [0.2, 0.25) is 0 Å². The summed E-state index contributed by atoms with van der Waals surface area (Å²) in [5.74, 6) is 0.656. The molecule has 0 N–H and O–H groups in total. The fourth-order valence-corrected chi connectivity index (χ4v) is 2.77. The topological polar surface area (TPSA) is 39.2 Å². The van der Waals surface area contributed by atoms with Crippen LogP contribution in [0.2, 0.25) is 0 Å². The second kappa shape index (κ2) is 4.42. The number of rotatable bonds is 0. The van der Waals surface area contributed by atoms with Crippen molar-refractivity contribution in [2.45, 2.75) is 13.5 Å². The Bertz CT molecular complexity index is 884. The van der Waals surface area contributed by atoms with Crippen LogP contribution in [0.5, 0.6) is 5.75 Å². The standard InChI is InChI=1S/C18H13NO2/c1-11-5-4-7-13-17(20)14-9-12-6-2-3-8-15(12)19-16(14)10-21-18(11)13/h2-9H,10H2,1H3. The molecule has 0 bridgehead atoms. The van der Waals surface area contributed by atoms with Gasteiger partial charge in [-0.15, -0.1) is 0 Å². The minimum absolute atomic E-state index is 0.0144. The van der Waals surface area contributed by atoms with Gasteiger partial charge in [-0.05, 0) is 30.7 Å². The molecule has 4 rings (SSSR count). The molecule has 1 aromatic heterocycles. The molecule has 21 heavy (non-hydrogen) atoms. The molecule has 0 spiro atoms. The van der Waals surface area contributed by atoms with Gasteiger partial charge in [0, 0.05) is 10.9 Å². The third-order valence-corrected chi connectivity index (χ3v) is 3.86. The lowest BCUT2D eigenvalue weighted by Gasteiger charge is -2.08. The number of carbonyl (C=O) groups excluding carboxylic acids is 1. The number of nitrogens with zero attached hydrogens (tertiary/aromatic N) is 1. The molecule has 0 radical (unpaired) electrons. The van der Waals surface area contributed by atoms with E-state index in [2.05, 4.69) is 4.98 Å². The summed E-state index contributed by atoms with van der Waals surface area (Å²) in [5, 5.41) is 0.973. The Balaban J connectivity index is 1.99. The van der Waals surface area contributed by atoms with Crippen molar-refractivity contribution < 1.29 is 9.53 Å². The molecule has 2 aromatic carbocycles. The van der Waals surface area contributed by atoms with Gasteiger partial charge in [0.15, 0.2) is 5.78 Å². The first-order valence-electron chi connectivity index (χ1n) is 6.90. The van der Waals surface area contributed by atoms with E-state index < -0.39 is 0 Å². The van der Waals surface area contributed by atoms with E-state index in [0.29, 0.717) is 29.2 Å². The number of hydrogen-bond acceptors (Lipinski definition) is 3. The van der Waals surface area contributed by atoms with Crippen molar-refractivity contribution in [3.63, 3.8) is 0 Å². The number of hydrogen-bond donors (Lipinski definition) is 0. The lowest BCUT2D eigenvalue weighted by Crippen LogP contribution is -2.05. The number of aromatic nitrogens is 1. The number of para-hydroxylation sites is 2. The molecular weight excluding hydrogens is 262 g/mol. The monoisotopic (exact) mass is 275 g/mol. The van der Waals surface area contributed by atoms with Gasteiger partial charge < -0.3 is 4.74 Å². The second-order valence-electron chi connectivity index (χ2n) is 5.24. The smallest absolute Gasteiger partial charge is 0.198 e. The van der Waals surface area contributed by atoms with Crippen LogP contribution in [-0.4, -0.2) is 10.8 Å². The van der Waals surface area contributed by atoms with Crippen LogP contribution in [0.1, 0.15) is 27.2 Å². The highest BCUT2D eigenvalue weighted by Crippen LogP contribution is 2.31. The minimum Gasteiger partial charge on any atom is -0.486 e. The zero-order valence-electron chi connectivity index (χ0n) is 11.6. The van der Waals surface area contributed by atoms with Gasteiger partial charge in [0.1, 0.15) is 12.4 Å². The summed E-state index contributed by atoms with van der Waals surface area (Å²) in [6.45, 7) is 2.27. The van der Waals surface area contributed by atoms with E-state index in [0.717, 1.165) is 16.5 Å². The van der Waals surface area contributed by atoms with Crippen molar-refractivity contribution in [1.29, 1.82) is 0 Å². The molecule has 3 heteroatoms. The largest absolute Gasteiger partial charge is 0.486 e. The maximum atomic E-state index is 12.8. The van der Waals surface area contributed by atoms with Crippen molar-refractivity contribution in [3.05, 3.63) is 70.9 Å². The lowest BCUT2D eigenvalue weighted by atomic mass is 9.99. The highest BCUT2D eigenvalue weighted by Gasteiger charge is 2.24. The summed E-state index contributed by atoms with van der Waals surface area (Å²) >= 11 is 0. The van der Waals surface area contributed by atoms with E-state index >= 15 is 0 Å². The molecule has 0 fully saturated rings. The molecule has 1 aliphatic rings. The summed E-state index contributed by atoms with van der Waals surface area (Å²) in [7, 11) is 0. The molecule has 0 unspecified atom stereocenters. The normalized spacial score (nSPS) is 13.3. The van der Waals surface area contributed by atoms with Crippen LogP contribution in [0.3, 0.4) is 0 Å². The molecule has 3 nitrogen and oxygen atoms in total. The first-order chi connectivity index (χ1) is 10.2. The third kappa shape index (κ3) is 1.82. The van der Waals surface area contributed by atoms with E-state index in [1.165, 1.54) is 0 Å². The van der Waals surface area contributed by atoms with Crippen molar-refractivity contribution in [3.8, 4) is 5.75 Å². The molecule has 0 amide bonds. The Morgan fingerprint density at radius 1 is 1.05 bits per heavy atom. The van der Waals surface area contributed by atoms with Crippen LogP contribution in [0.4, 0.5) is 0 Å². The maximum Gasteiger partial charge on any atom is 0.198 e. The Morgan fingerprint density at radius 3 is 2.81 bits per heavy atom. The molecule has 0 saturated carbocycles. The number of ether oxygens (including phenoxy) is 1. The van der Waals surface area contributed by atoms with Crippen molar-refractivity contribution in [2.75, 3.05) is 0 Å². The highest BCUT2D eigenvalue weighted by molar-refractivity contribution is 6.13. The average molecular weight is 275 g/mol.